The lowest BCUT2D eigenvalue weighted by molar-refractivity contribution is 0.475. The van der Waals surface area contributed by atoms with Gasteiger partial charge in [-0.1, -0.05) is 26.7 Å². The molecule has 0 aromatic rings. The monoisotopic (exact) mass is 173 g/mol. The fraction of sp³-hybridized carbons (Fsp3) is 1.00. The Hall–Kier alpha value is -0.0800. The lowest BCUT2D eigenvalue weighted by Gasteiger charge is -1.99. The summed E-state index contributed by atoms with van der Waals surface area (Å²) in [6, 6.07) is 0. The third-order valence-corrected chi connectivity index (χ3v) is 1.62. The van der Waals surface area contributed by atoms with Gasteiger partial charge in [-0.25, -0.2) is 0 Å². The third-order valence-electron chi connectivity index (χ3n) is 1.62. The molecule has 2 heteroatoms. The number of hydrogen-bond acceptors (Lipinski definition) is 2. The van der Waals surface area contributed by atoms with Gasteiger partial charge in [-0.2, -0.15) is 0 Å². The number of unbranched alkanes of at least 4 members (excludes halogenated alkanes) is 2. The summed E-state index contributed by atoms with van der Waals surface area (Å²) in [4.78, 5) is 0. The normalized spacial score (nSPS) is 13.5. The number of epoxide rings is 1. The molecule has 0 unspecified atom stereocenters. The first kappa shape index (κ1) is 11.9. The van der Waals surface area contributed by atoms with E-state index in [1.165, 1.54) is 38.8 Å². The Kier molecular flexibility index (Phi) is 10.8. The third kappa shape index (κ3) is 16.5. The average molecular weight is 173 g/mol. The second-order valence-electron chi connectivity index (χ2n) is 3.07. The fourth-order valence-corrected chi connectivity index (χ4v) is 0.729. The first-order valence-corrected chi connectivity index (χ1v) is 5.20. The van der Waals surface area contributed by atoms with Crippen molar-refractivity contribution in [2.45, 2.75) is 39.5 Å². The highest BCUT2D eigenvalue weighted by Gasteiger charge is 1.94. The second kappa shape index (κ2) is 10.9. The van der Waals surface area contributed by atoms with Crippen LogP contribution in [0.15, 0.2) is 0 Å². The highest BCUT2D eigenvalue weighted by Crippen LogP contribution is 1.85. The van der Waals surface area contributed by atoms with Crippen LogP contribution < -0.4 is 5.32 Å². The minimum atomic E-state index is 1.00. The SMILES string of the molecule is C1CO1.CCCCNCCCC. The van der Waals surface area contributed by atoms with E-state index in [0.717, 1.165) is 13.2 Å². The second-order valence-corrected chi connectivity index (χ2v) is 3.07. The largest absolute Gasteiger partial charge is 0.377 e. The molecule has 1 rings (SSSR count). The van der Waals surface area contributed by atoms with Crippen LogP contribution in [0.5, 0.6) is 0 Å². The molecule has 0 atom stereocenters. The van der Waals surface area contributed by atoms with Crippen molar-refractivity contribution in [2.24, 2.45) is 0 Å². The molecule has 12 heavy (non-hydrogen) atoms. The van der Waals surface area contributed by atoms with Gasteiger partial charge >= 0.3 is 0 Å². The van der Waals surface area contributed by atoms with E-state index in [2.05, 4.69) is 23.9 Å². The van der Waals surface area contributed by atoms with Crippen molar-refractivity contribution < 1.29 is 4.74 Å². The summed E-state index contributed by atoms with van der Waals surface area (Å²) < 4.78 is 4.50. The van der Waals surface area contributed by atoms with Gasteiger partial charge in [0.05, 0.1) is 13.2 Å². The summed E-state index contributed by atoms with van der Waals surface area (Å²) in [5.41, 5.74) is 0. The van der Waals surface area contributed by atoms with Gasteiger partial charge in [0, 0.05) is 0 Å². The quantitative estimate of drug-likeness (QED) is 0.492. The van der Waals surface area contributed by atoms with Crippen molar-refractivity contribution in [3.8, 4) is 0 Å². The Labute approximate surface area is 76.7 Å². The van der Waals surface area contributed by atoms with Gasteiger partial charge in [-0.15, -0.1) is 0 Å². The first-order chi connectivity index (χ1) is 5.91. The van der Waals surface area contributed by atoms with Crippen LogP contribution in [0.4, 0.5) is 0 Å². The zero-order valence-electron chi connectivity index (χ0n) is 8.57. The molecule has 1 saturated heterocycles. The maximum Gasteiger partial charge on any atom is 0.0701 e. The average Bonchev–Trinajstić information content (AvgIpc) is 2.90. The minimum absolute atomic E-state index is 1.00. The molecule has 0 aromatic carbocycles. The smallest absolute Gasteiger partial charge is 0.0701 e. The Balaban J connectivity index is 0.000000330. The van der Waals surface area contributed by atoms with Crippen LogP contribution in [0, 0.1) is 0 Å². The van der Waals surface area contributed by atoms with Gasteiger partial charge in [-0.3, -0.25) is 0 Å². The molecule has 0 aliphatic carbocycles. The number of hydrogen-bond donors (Lipinski definition) is 1. The highest BCUT2D eigenvalue weighted by molar-refractivity contribution is 4.45. The zero-order valence-corrected chi connectivity index (χ0v) is 8.57. The standard InChI is InChI=1S/C8H19N.C2H4O/c1-3-5-7-9-8-6-4-2;1-2-3-1/h9H,3-8H2,1-2H3;1-2H2. The van der Waals surface area contributed by atoms with Crippen molar-refractivity contribution in [3.05, 3.63) is 0 Å². The van der Waals surface area contributed by atoms with Crippen molar-refractivity contribution >= 4 is 0 Å². The molecule has 0 spiro atoms. The maximum atomic E-state index is 4.50. The maximum absolute atomic E-state index is 4.50. The molecular weight excluding hydrogens is 150 g/mol. The van der Waals surface area contributed by atoms with E-state index >= 15 is 0 Å². The van der Waals surface area contributed by atoms with Crippen LogP contribution in [0.1, 0.15) is 39.5 Å². The summed E-state index contributed by atoms with van der Waals surface area (Å²) >= 11 is 0. The van der Waals surface area contributed by atoms with Gasteiger partial charge in [-0.05, 0) is 25.9 Å². The number of rotatable bonds is 6. The Morgan fingerprint density at radius 2 is 1.42 bits per heavy atom. The van der Waals surface area contributed by atoms with Crippen LogP contribution >= 0.6 is 0 Å². The summed E-state index contributed by atoms with van der Waals surface area (Å²) in [5, 5.41) is 3.39. The molecule has 1 N–H and O–H groups in total. The lowest BCUT2D eigenvalue weighted by atomic mass is 10.3. The van der Waals surface area contributed by atoms with E-state index in [-0.39, 0.29) is 0 Å². The summed E-state index contributed by atoms with van der Waals surface area (Å²) in [5.74, 6) is 0. The van der Waals surface area contributed by atoms with E-state index in [1.807, 2.05) is 0 Å². The van der Waals surface area contributed by atoms with Crippen molar-refractivity contribution in [3.63, 3.8) is 0 Å². The summed E-state index contributed by atoms with van der Waals surface area (Å²) in [7, 11) is 0. The summed E-state index contributed by atoms with van der Waals surface area (Å²) in [6.45, 7) is 8.86. The molecule has 1 aliphatic rings. The van der Waals surface area contributed by atoms with E-state index in [4.69, 9.17) is 0 Å². The Bertz CT molecular complexity index is 65.5. The number of ether oxygens (including phenoxy) is 1. The van der Waals surface area contributed by atoms with Crippen molar-refractivity contribution in [1.82, 2.24) is 5.32 Å². The molecular formula is C10H23NO. The molecule has 1 heterocycles. The van der Waals surface area contributed by atoms with E-state index < -0.39 is 0 Å². The van der Waals surface area contributed by atoms with Crippen molar-refractivity contribution in [1.29, 1.82) is 0 Å². The van der Waals surface area contributed by atoms with Gasteiger partial charge in [0.1, 0.15) is 0 Å². The predicted molar refractivity (Wildman–Crippen MR) is 53.5 cm³/mol. The van der Waals surface area contributed by atoms with Crippen LogP contribution in [-0.4, -0.2) is 26.3 Å². The molecule has 1 aliphatic heterocycles. The van der Waals surface area contributed by atoms with Crippen LogP contribution in [0.25, 0.3) is 0 Å². The first-order valence-electron chi connectivity index (χ1n) is 5.20. The van der Waals surface area contributed by atoms with Gasteiger partial charge in [0.2, 0.25) is 0 Å². The zero-order chi connectivity index (χ0) is 9.07. The van der Waals surface area contributed by atoms with Crippen LogP contribution in [-0.2, 0) is 4.74 Å². The molecule has 1 fully saturated rings. The molecule has 0 radical (unpaired) electrons. The highest BCUT2D eigenvalue weighted by atomic mass is 16.6. The minimum Gasteiger partial charge on any atom is -0.377 e. The molecule has 0 bridgehead atoms. The van der Waals surface area contributed by atoms with Gasteiger partial charge in [0.15, 0.2) is 0 Å². The fourth-order valence-electron chi connectivity index (χ4n) is 0.729. The summed E-state index contributed by atoms with van der Waals surface area (Å²) in [6.07, 6.45) is 5.26. The van der Waals surface area contributed by atoms with Gasteiger partial charge < -0.3 is 10.1 Å². The Morgan fingerprint density at radius 1 is 1.00 bits per heavy atom. The molecule has 0 amide bonds. The molecule has 74 valence electrons. The Morgan fingerprint density at radius 3 is 1.67 bits per heavy atom. The van der Waals surface area contributed by atoms with E-state index in [0.29, 0.717) is 0 Å². The topological polar surface area (TPSA) is 24.6 Å². The van der Waals surface area contributed by atoms with E-state index in [9.17, 15) is 0 Å². The van der Waals surface area contributed by atoms with Crippen molar-refractivity contribution in [2.75, 3.05) is 26.3 Å². The lowest BCUT2D eigenvalue weighted by Crippen LogP contribution is -2.15. The molecule has 0 aromatic heterocycles. The molecule has 2 nitrogen and oxygen atoms in total. The molecule has 0 saturated carbocycles. The van der Waals surface area contributed by atoms with Gasteiger partial charge in [0.25, 0.3) is 0 Å². The van der Waals surface area contributed by atoms with Crippen LogP contribution in [0.2, 0.25) is 0 Å². The van der Waals surface area contributed by atoms with Crippen LogP contribution in [0.3, 0.4) is 0 Å². The predicted octanol–water partition coefficient (Wildman–Crippen LogP) is 2.19. The number of nitrogens with one attached hydrogen (secondary N) is 1. The van der Waals surface area contributed by atoms with E-state index in [1.54, 1.807) is 0 Å².